The van der Waals surface area contributed by atoms with Gasteiger partial charge in [0.05, 0.1) is 18.2 Å². The van der Waals surface area contributed by atoms with Crippen LogP contribution in [-0.2, 0) is 27.3 Å². The van der Waals surface area contributed by atoms with Crippen molar-refractivity contribution in [3.8, 4) is 17.1 Å². The van der Waals surface area contributed by atoms with Gasteiger partial charge in [-0.05, 0) is 62.7 Å². The first-order chi connectivity index (χ1) is 18.8. The summed E-state index contributed by atoms with van der Waals surface area (Å²) in [4.78, 5) is 40.7. The molecule has 7 N–H and O–H groups in total. The summed E-state index contributed by atoms with van der Waals surface area (Å²) < 4.78 is 6.05. The van der Waals surface area contributed by atoms with Gasteiger partial charge in [-0.15, -0.1) is 0 Å². The molecule has 1 fully saturated rings. The maximum atomic E-state index is 13.9. The number of likely N-dealkylation sites (N-methyl/N-ethyl adjacent to an activating group) is 1. The summed E-state index contributed by atoms with van der Waals surface area (Å²) in [6.45, 7) is 4.55. The van der Waals surface area contributed by atoms with E-state index in [4.69, 9.17) is 10.2 Å². The average molecular weight is 552 g/mol. The second-order valence-corrected chi connectivity index (χ2v) is 11.2. The van der Waals surface area contributed by atoms with Gasteiger partial charge in [0.15, 0.2) is 11.4 Å². The molecular weight excluding hydrogens is 518 g/mol. The zero-order valence-electron chi connectivity index (χ0n) is 22.7. The molecule has 0 aliphatic heterocycles. The highest BCUT2D eigenvalue weighted by Gasteiger charge is 2.64. The Morgan fingerprint density at radius 1 is 1.18 bits per heavy atom. The Balaban J connectivity index is 1.66. The molecule has 3 aliphatic rings. The van der Waals surface area contributed by atoms with Crippen molar-refractivity contribution in [2.75, 3.05) is 14.1 Å². The molecule has 3 aliphatic carbocycles. The molecule has 4 atom stereocenters. The van der Waals surface area contributed by atoms with Gasteiger partial charge in [0.25, 0.3) is 5.91 Å². The monoisotopic (exact) mass is 551 g/mol. The Morgan fingerprint density at radius 2 is 1.88 bits per heavy atom. The van der Waals surface area contributed by atoms with Crippen LogP contribution >= 0.6 is 0 Å². The predicted molar refractivity (Wildman–Crippen MR) is 144 cm³/mol. The number of nitrogens with two attached hydrogens (primary N) is 1. The standard InChI is InChI=1S/C29H33N3O8/c1-12(2)31-11-14-5-8-19(40-14)15-6-7-18(33)21-16(15)9-13-10-17-23(32(3)4)25(35)22(28(30)38)27(37)29(17,39)26(36)20(13)24(21)34/h5-8,12-13,17,23,31,33-34,37,39H,9-11H2,1-4H3,(H2,30,38)/t13-,17-,23?,29-/m0/s1. The number of nitrogens with zero attached hydrogens (tertiary/aromatic N) is 1. The van der Waals surface area contributed by atoms with Crippen LogP contribution in [0.3, 0.4) is 0 Å². The number of fused-ring (bicyclic) bond motifs is 3. The molecule has 40 heavy (non-hydrogen) atoms. The molecule has 5 rings (SSSR count). The fraction of sp³-hybridized carbons (Fsp3) is 0.414. The van der Waals surface area contributed by atoms with E-state index in [0.717, 1.165) is 0 Å². The Morgan fingerprint density at radius 3 is 2.50 bits per heavy atom. The van der Waals surface area contributed by atoms with Crippen molar-refractivity contribution in [3.05, 3.63) is 58.1 Å². The van der Waals surface area contributed by atoms with E-state index in [-0.39, 0.29) is 35.8 Å². The number of hydrogen-bond donors (Lipinski definition) is 6. The van der Waals surface area contributed by atoms with E-state index < -0.39 is 58.0 Å². The van der Waals surface area contributed by atoms with E-state index in [9.17, 15) is 34.8 Å². The summed E-state index contributed by atoms with van der Waals surface area (Å²) in [7, 11) is 3.12. The van der Waals surface area contributed by atoms with Crippen molar-refractivity contribution in [3.63, 3.8) is 0 Å². The van der Waals surface area contributed by atoms with Gasteiger partial charge in [-0.1, -0.05) is 13.8 Å². The van der Waals surface area contributed by atoms with Crippen molar-refractivity contribution in [1.29, 1.82) is 0 Å². The minimum atomic E-state index is -2.67. The number of carbonyl (C=O) groups is 3. The molecule has 1 aromatic carbocycles. The number of nitrogens with one attached hydrogen (secondary N) is 1. The number of phenols is 1. The number of amides is 1. The number of ketones is 2. The SMILES string of the molecule is CC(C)NCc1ccc(-c2ccc(O)c3c2C[C@H]2C[C@H]4C(N(C)C)C(=O)C(C(N)=O)=C(O)[C@@]4(O)C(=O)C2=C3O)o1. The molecule has 212 valence electrons. The van der Waals surface area contributed by atoms with Gasteiger partial charge in [0.2, 0.25) is 5.78 Å². The van der Waals surface area contributed by atoms with Crippen LogP contribution in [0.25, 0.3) is 17.1 Å². The Bertz CT molecular complexity index is 1500. The van der Waals surface area contributed by atoms with Crippen LogP contribution < -0.4 is 11.1 Å². The molecule has 2 aromatic rings. The number of Topliss-reactive ketones (excluding diaryl/α,β-unsaturated/α-hetero) is 2. The summed E-state index contributed by atoms with van der Waals surface area (Å²) >= 11 is 0. The van der Waals surface area contributed by atoms with Gasteiger partial charge in [0, 0.05) is 23.1 Å². The third kappa shape index (κ3) is 3.95. The minimum absolute atomic E-state index is 0.0164. The lowest BCUT2D eigenvalue weighted by atomic mass is 9.57. The highest BCUT2D eigenvalue weighted by molar-refractivity contribution is 6.24. The van der Waals surface area contributed by atoms with E-state index in [0.29, 0.717) is 29.2 Å². The van der Waals surface area contributed by atoms with Crippen molar-refractivity contribution >= 4 is 23.2 Å². The second-order valence-electron chi connectivity index (χ2n) is 11.2. The molecule has 1 unspecified atom stereocenters. The van der Waals surface area contributed by atoms with Gasteiger partial charge >= 0.3 is 0 Å². The Hall–Kier alpha value is -3.93. The largest absolute Gasteiger partial charge is 0.508 e. The lowest BCUT2D eigenvalue weighted by Crippen LogP contribution is -2.65. The average Bonchev–Trinajstić information content (AvgIpc) is 3.33. The molecule has 0 saturated heterocycles. The van der Waals surface area contributed by atoms with Crippen molar-refractivity contribution in [2.24, 2.45) is 17.6 Å². The van der Waals surface area contributed by atoms with Crippen molar-refractivity contribution < 1.29 is 39.2 Å². The number of hydrogen-bond acceptors (Lipinski definition) is 10. The van der Waals surface area contributed by atoms with Crippen LogP contribution in [0.5, 0.6) is 5.75 Å². The summed E-state index contributed by atoms with van der Waals surface area (Å²) in [5.74, 6) is -5.63. The Kier molecular flexibility index (Phi) is 6.64. The number of furan rings is 1. The highest BCUT2D eigenvalue weighted by atomic mass is 16.4. The lowest BCUT2D eigenvalue weighted by molar-refractivity contribution is -0.153. The van der Waals surface area contributed by atoms with Gasteiger partial charge in [0.1, 0.15) is 34.4 Å². The summed E-state index contributed by atoms with van der Waals surface area (Å²) in [5, 5.41) is 48.1. The number of aromatic hydroxyl groups is 1. The number of primary amides is 1. The molecule has 0 radical (unpaired) electrons. The van der Waals surface area contributed by atoms with Gasteiger partial charge in [-0.2, -0.15) is 0 Å². The van der Waals surface area contributed by atoms with Crippen LogP contribution in [-0.4, -0.2) is 74.6 Å². The fourth-order valence-corrected chi connectivity index (χ4v) is 6.40. The first kappa shape index (κ1) is 27.6. The number of phenolic OH excluding ortho intramolecular Hbond substituents is 1. The minimum Gasteiger partial charge on any atom is -0.508 e. The zero-order valence-corrected chi connectivity index (χ0v) is 22.7. The topological polar surface area (TPSA) is 187 Å². The molecule has 1 saturated carbocycles. The third-order valence-corrected chi connectivity index (χ3v) is 8.22. The summed E-state index contributed by atoms with van der Waals surface area (Å²) in [5.41, 5.74) is 2.84. The van der Waals surface area contributed by atoms with E-state index in [1.807, 2.05) is 19.9 Å². The molecule has 0 spiro atoms. The maximum absolute atomic E-state index is 13.9. The number of carbonyl (C=O) groups excluding carboxylic acids is 3. The van der Waals surface area contributed by atoms with Crippen LogP contribution in [0.15, 0.2) is 45.6 Å². The first-order valence-electron chi connectivity index (χ1n) is 13.1. The predicted octanol–water partition coefficient (Wildman–Crippen LogP) is 1.72. The normalized spacial score (nSPS) is 26.3. The van der Waals surface area contributed by atoms with Crippen LogP contribution in [0.2, 0.25) is 0 Å². The van der Waals surface area contributed by atoms with E-state index in [1.54, 1.807) is 26.2 Å². The zero-order chi connectivity index (χ0) is 29.3. The molecule has 1 heterocycles. The quantitative estimate of drug-likeness (QED) is 0.289. The van der Waals surface area contributed by atoms with Gasteiger partial charge < -0.3 is 35.9 Å². The lowest BCUT2D eigenvalue weighted by Gasteiger charge is -2.50. The summed E-state index contributed by atoms with van der Waals surface area (Å²) in [6.07, 6.45) is 0.196. The fourth-order valence-electron chi connectivity index (χ4n) is 6.40. The van der Waals surface area contributed by atoms with E-state index in [2.05, 4.69) is 5.32 Å². The van der Waals surface area contributed by atoms with Crippen LogP contribution in [0.4, 0.5) is 0 Å². The maximum Gasteiger partial charge on any atom is 0.255 e. The highest BCUT2D eigenvalue weighted by Crippen LogP contribution is 2.53. The Labute approximate surface area is 230 Å². The molecule has 0 bridgehead atoms. The number of aliphatic hydroxyl groups excluding tert-OH is 2. The number of benzene rings is 1. The van der Waals surface area contributed by atoms with E-state index in [1.165, 1.54) is 11.0 Å². The number of rotatable bonds is 6. The molecule has 11 nitrogen and oxygen atoms in total. The van der Waals surface area contributed by atoms with Crippen LogP contribution in [0.1, 0.15) is 37.2 Å². The van der Waals surface area contributed by atoms with Crippen molar-refractivity contribution in [1.82, 2.24) is 10.2 Å². The smallest absolute Gasteiger partial charge is 0.255 e. The number of aliphatic hydroxyl groups is 3. The van der Waals surface area contributed by atoms with Crippen LogP contribution in [0, 0.1) is 11.8 Å². The molecule has 11 heteroatoms. The van der Waals surface area contributed by atoms with Gasteiger partial charge in [-0.25, -0.2) is 0 Å². The first-order valence-corrected chi connectivity index (χ1v) is 13.1. The molecule has 1 aromatic heterocycles. The van der Waals surface area contributed by atoms with Crippen molar-refractivity contribution in [2.45, 2.75) is 50.9 Å². The second kappa shape index (κ2) is 9.61. The summed E-state index contributed by atoms with van der Waals surface area (Å²) in [6, 6.07) is 5.80. The molecule has 1 amide bonds. The third-order valence-electron chi connectivity index (χ3n) is 8.22. The van der Waals surface area contributed by atoms with Gasteiger partial charge in [-0.3, -0.25) is 19.3 Å². The molecular formula is C29H33N3O8. The van der Waals surface area contributed by atoms with E-state index >= 15 is 0 Å².